The van der Waals surface area contributed by atoms with Crippen molar-refractivity contribution < 1.29 is 18.0 Å². The van der Waals surface area contributed by atoms with Crippen LogP contribution >= 0.6 is 11.6 Å². The van der Waals surface area contributed by atoms with Crippen molar-refractivity contribution in [1.29, 1.82) is 0 Å². The molecule has 1 atom stereocenters. The molecule has 1 heterocycles. The van der Waals surface area contributed by atoms with Crippen molar-refractivity contribution in [1.82, 2.24) is 4.90 Å². The van der Waals surface area contributed by atoms with Crippen LogP contribution in [0.5, 0.6) is 0 Å². The molecule has 1 fully saturated rings. The van der Waals surface area contributed by atoms with Gasteiger partial charge in [0.15, 0.2) is 0 Å². The zero-order valence-corrected chi connectivity index (χ0v) is 14.4. The first-order valence-corrected chi connectivity index (χ1v) is 8.60. The Kier molecular flexibility index (Phi) is 6.38. The summed E-state index contributed by atoms with van der Waals surface area (Å²) in [5.74, 6) is 0.0390. The summed E-state index contributed by atoms with van der Waals surface area (Å²) in [5.41, 5.74) is -0.562. The van der Waals surface area contributed by atoms with Gasteiger partial charge in [0, 0.05) is 25.6 Å². The molecule has 7 heteroatoms. The van der Waals surface area contributed by atoms with Crippen LogP contribution in [0.2, 0.25) is 5.02 Å². The van der Waals surface area contributed by atoms with Crippen molar-refractivity contribution in [3.05, 3.63) is 28.8 Å². The highest BCUT2D eigenvalue weighted by Gasteiger charge is 2.31. The Bertz CT molecular complexity index is 577. The number of nitrogens with one attached hydrogen (secondary N) is 1. The van der Waals surface area contributed by atoms with Gasteiger partial charge in [0.2, 0.25) is 5.91 Å². The van der Waals surface area contributed by atoms with Crippen molar-refractivity contribution in [2.24, 2.45) is 0 Å². The summed E-state index contributed by atoms with van der Waals surface area (Å²) < 4.78 is 38.2. The SMILES string of the molecule is CCC1CCCCN1C(=O)CCNc1cc(C(F)(F)F)ccc1Cl. The van der Waals surface area contributed by atoms with Crippen LogP contribution in [-0.4, -0.2) is 29.9 Å². The summed E-state index contributed by atoms with van der Waals surface area (Å²) in [4.78, 5) is 14.2. The molecule has 24 heavy (non-hydrogen) atoms. The molecule has 0 spiro atoms. The summed E-state index contributed by atoms with van der Waals surface area (Å²) in [7, 11) is 0. The first-order chi connectivity index (χ1) is 11.3. The first-order valence-electron chi connectivity index (χ1n) is 8.23. The van der Waals surface area contributed by atoms with Gasteiger partial charge in [0.25, 0.3) is 0 Å². The standard InChI is InChI=1S/C17H22ClF3N2O/c1-2-13-5-3-4-10-23(13)16(24)8-9-22-15-11-12(17(19,20)21)6-7-14(15)18/h6-7,11,13,22H,2-5,8-10H2,1H3. The number of carbonyl (C=O) groups is 1. The number of halogens is 4. The molecule has 1 aromatic rings. The van der Waals surface area contributed by atoms with Crippen molar-refractivity contribution in [3.8, 4) is 0 Å². The Morgan fingerprint density at radius 3 is 2.79 bits per heavy atom. The van der Waals surface area contributed by atoms with Gasteiger partial charge in [-0.05, 0) is 43.9 Å². The molecule has 134 valence electrons. The van der Waals surface area contributed by atoms with Gasteiger partial charge in [-0.2, -0.15) is 13.2 Å². The summed E-state index contributed by atoms with van der Waals surface area (Å²) in [6.45, 7) is 3.09. The summed E-state index contributed by atoms with van der Waals surface area (Å²) in [5, 5.41) is 3.06. The van der Waals surface area contributed by atoms with E-state index in [0.717, 1.165) is 44.4 Å². The van der Waals surface area contributed by atoms with Gasteiger partial charge in [-0.3, -0.25) is 4.79 Å². The number of hydrogen-bond donors (Lipinski definition) is 1. The Labute approximate surface area is 145 Å². The highest BCUT2D eigenvalue weighted by Crippen LogP contribution is 2.33. The molecule has 1 aliphatic heterocycles. The number of piperidine rings is 1. The highest BCUT2D eigenvalue weighted by atomic mass is 35.5. The first kappa shape index (κ1) is 18.9. The lowest BCUT2D eigenvalue weighted by molar-refractivity contribution is -0.137. The van der Waals surface area contributed by atoms with Crippen molar-refractivity contribution in [2.75, 3.05) is 18.4 Å². The maximum Gasteiger partial charge on any atom is 0.416 e. The Hall–Kier alpha value is -1.43. The molecular formula is C17H22ClF3N2O. The molecule has 1 unspecified atom stereocenters. The third-order valence-corrected chi connectivity index (χ3v) is 4.70. The number of anilines is 1. The number of alkyl halides is 3. The summed E-state index contributed by atoms with van der Waals surface area (Å²) in [6, 6.07) is 3.41. The van der Waals surface area contributed by atoms with E-state index < -0.39 is 11.7 Å². The van der Waals surface area contributed by atoms with Crippen LogP contribution in [0.4, 0.5) is 18.9 Å². The van der Waals surface area contributed by atoms with Gasteiger partial charge in [0.05, 0.1) is 16.3 Å². The van der Waals surface area contributed by atoms with Crippen LogP contribution in [0, 0.1) is 0 Å². The average Bonchev–Trinajstić information content (AvgIpc) is 2.55. The van der Waals surface area contributed by atoms with Gasteiger partial charge < -0.3 is 10.2 Å². The van der Waals surface area contributed by atoms with E-state index >= 15 is 0 Å². The van der Waals surface area contributed by atoms with E-state index in [1.54, 1.807) is 0 Å². The second kappa shape index (κ2) is 8.10. The smallest absolute Gasteiger partial charge is 0.383 e. The zero-order valence-electron chi connectivity index (χ0n) is 13.6. The molecule has 0 bridgehead atoms. The molecule has 1 saturated heterocycles. The molecule has 2 rings (SSSR count). The molecule has 1 N–H and O–H groups in total. The average molecular weight is 363 g/mol. The Morgan fingerprint density at radius 2 is 2.12 bits per heavy atom. The second-order valence-corrected chi connectivity index (χ2v) is 6.42. The number of benzene rings is 1. The molecule has 0 saturated carbocycles. The number of hydrogen-bond acceptors (Lipinski definition) is 2. The molecule has 1 amide bonds. The molecule has 0 aliphatic carbocycles. The predicted molar refractivity (Wildman–Crippen MR) is 89.2 cm³/mol. The lowest BCUT2D eigenvalue weighted by atomic mass is 9.99. The molecule has 1 aromatic carbocycles. The largest absolute Gasteiger partial charge is 0.416 e. The minimum Gasteiger partial charge on any atom is -0.383 e. The fourth-order valence-corrected chi connectivity index (χ4v) is 3.22. The number of amides is 1. The van der Waals surface area contributed by atoms with Gasteiger partial charge in [-0.1, -0.05) is 18.5 Å². The van der Waals surface area contributed by atoms with Crippen LogP contribution < -0.4 is 5.32 Å². The highest BCUT2D eigenvalue weighted by molar-refractivity contribution is 6.33. The van der Waals surface area contributed by atoms with Crippen molar-refractivity contribution in [2.45, 2.75) is 51.2 Å². The quantitative estimate of drug-likeness (QED) is 0.803. The zero-order chi connectivity index (χ0) is 17.7. The third-order valence-electron chi connectivity index (χ3n) is 4.37. The van der Waals surface area contributed by atoms with Crippen molar-refractivity contribution >= 4 is 23.2 Å². The normalized spacial score (nSPS) is 18.5. The van der Waals surface area contributed by atoms with E-state index in [2.05, 4.69) is 12.2 Å². The molecule has 0 aromatic heterocycles. The van der Waals surface area contributed by atoms with Crippen LogP contribution in [0.15, 0.2) is 18.2 Å². The van der Waals surface area contributed by atoms with Crippen molar-refractivity contribution in [3.63, 3.8) is 0 Å². The number of likely N-dealkylation sites (tertiary alicyclic amines) is 1. The van der Waals surface area contributed by atoms with E-state index in [1.807, 2.05) is 4.90 Å². The molecular weight excluding hydrogens is 341 g/mol. The predicted octanol–water partition coefficient (Wildman–Crippen LogP) is 4.95. The number of carbonyl (C=O) groups excluding carboxylic acids is 1. The Morgan fingerprint density at radius 1 is 1.38 bits per heavy atom. The minimum absolute atomic E-state index is 0.0390. The van der Waals surface area contributed by atoms with Crippen LogP contribution in [0.3, 0.4) is 0 Å². The van der Waals surface area contributed by atoms with E-state index in [0.29, 0.717) is 0 Å². The van der Waals surface area contributed by atoms with Gasteiger partial charge in [-0.25, -0.2) is 0 Å². The number of nitrogens with zero attached hydrogens (tertiary/aromatic N) is 1. The monoisotopic (exact) mass is 362 g/mol. The van der Waals surface area contributed by atoms with Gasteiger partial charge in [-0.15, -0.1) is 0 Å². The topological polar surface area (TPSA) is 32.3 Å². The fraction of sp³-hybridized carbons (Fsp3) is 0.588. The fourth-order valence-electron chi connectivity index (χ4n) is 3.04. The maximum atomic E-state index is 12.7. The molecule has 0 radical (unpaired) electrons. The lowest BCUT2D eigenvalue weighted by Gasteiger charge is -2.35. The van der Waals surface area contributed by atoms with E-state index in [1.165, 1.54) is 6.07 Å². The van der Waals surface area contributed by atoms with Gasteiger partial charge in [0.1, 0.15) is 0 Å². The summed E-state index contributed by atoms with van der Waals surface area (Å²) >= 11 is 5.93. The lowest BCUT2D eigenvalue weighted by Crippen LogP contribution is -2.43. The van der Waals surface area contributed by atoms with E-state index in [4.69, 9.17) is 11.6 Å². The van der Waals surface area contributed by atoms with Gasteiger partial charge >= 0.3 is 6.18 Å². The van der Waals surface area contributed by atoms with E-state index in [-0.39, 0.29) is 35.6 Å². The minimum atomic E-state index is -4.42. The molecule has 1 aliphatic rings. The second-order valence-electron chi connectivity index (χ2n) is 6.01. The molecule has 3 nitrogen and oxygen atoms in total. The van der Waals surface area contributed by atoms with Crippen LogP contribution in [-0.2, 0) is 11.0 Å². The Balaban J connectivity index is 1.93. The number of rotatable bonds is 5. The van der Waals surface area contributed by atoms with E-state index in [9.17, 15) is 18.0 Å². The maximum absolute atomic E-state index is 12.7. The van der Waals surface area contributed by atoms with Crippen LogP contribution in [0.1, 0.15) is 44.6 Å². The summed E-state index contributed by atoms with van der Waals surface area (Å²) in [6.07, 6.45) is -0.0781. The van der Waals surface area contributed by atoms with Crippen LogP contribution in [0.25, 0.3) is 0 Å². The third kappa shape index (κ3) is 4.79.